The first kappa shape index (κ1) is 15.6. The number of carbonyl (C=O) groups excluding carboxylic acids is 1. The Morgan fingerprint density at radius 2 is 1.95 bits per heavy atom. The summed E-state index contributed by atoms with van der Waals surface area (Å²) in [5.41, 5.74) is 0.435. The minimum Gasteiger partial charge on any atom is -0.351 e. The third kappa shape index (κ3) is 3.66. The van der Waals surface area contributed by atoms with Crippen LogP contribution in [0.1, 0.15) is 28.8 Å². The number of nitro groups is 1. The monoisotopic (exact) mass is 302 g/mol. The Labute approximate surface area is 126 Å². The van der Waals surface area contributed by atoms with Crippen LogP contribution in [-0.4, -0.2) is 17.4 Å². The van der Waals surface area contributed by atoms with Crippen LogP contribution in [0.25, 0.3) is 0 Å². The Kier molecular flexibility index (Phi) is 4.83. The van der Waals surface area contributed by atoms with Crippen LogP contribution in [0.2, 0.25) is 0 Å². The fourth-order valence-electron chi connectivity index (χ4n) is 2.04. The summed E-state index contributed by atoms with van der Waals surface area (Å²) < 4.78 is 13.2. The molecule has 0 aliphatic rings. The number of nitrogens with zero attached hydrogens (tertiary/aromatic N) is 1. The van der Waals surface area contributed by atoms with E-state index in [4.69, 9.17) is 0 Å². The molecule has 0 aliphatic heterocycles. The van der Waals surface area contributed by atoms with E-state index < -0.39 is 22.3 Å². The number of rotatable bonds is 5. The van der Waals surface area contributed by atoms with E-state index in [9.17, 15) is 19.3 Å². The topological polar surface area (TPSA) is 72.2 Å². The molecule has 2 rings (SSSR count). The molecule has 1 N–H and O–H groups in total. The zero-order chi connectivity index (χ0) is 16.1. The molecular weight excluding hydrogens is 287 g/mol. The minimum atomic E-state index is -0.959. The quantitative estimate of drug-likeness (QED) is 0.680. The Morgan fingerprint density at radius 3 is 2.59 bits per heavy atom. The zero-order valence-corrected chi connectivity index (χ0v) is 12.0. The number of nitrogens with one attached hydrogen (secondary N) is 1. The standard InChI is InChI=1S/C16H15FN2O3/c1-11(12-5-3-2-4-6-12)10-18-16(20)13-7-8-14(17)15(9-13)19(21)22/h2-9,11H,10H2,1H3,(H,18,20)/t11-/m1/s1. The van der Waals surface area contributed by atoms with Gasteiger partial charge in [0.05, 0.1) is 4.92 Å². The molecule has 22 heavy (non-hydrogen) atoms. The first-order chi connectivity index (χ1) is 10.5. The Balaban J connectivity index is 2.04. The van der Waals surface area contributed by atoms with Crippen molar-refractivity contribution in [2.45, 2.75) is 12.8 Å². The van der Waals surface area contributed by atoms with Gasteiger partial charge in [-0.3, -0.25) is 14.9 Å². The largest absolute Gasteiger partial charge is 0.351 e. The first-order valence-electron chi connectivity index (χ1n) is 6.76. The highest BCUT2D eigenvalue weighted by Crippen LogP contribution is 2.19. The molecule has 0 aromatic heterocycles. The van der Waals surface area contributed by atoms with Crippen molar-refractivity contribution < 1.29 is 14.1 Å². The van der Waals surface area contributed by atoms with Crippen molar-refractivity contribution in [1.29, 1.82) is 0 Å². The lowest BCUT2D eigenvalue weighted by atomic mass is 10.0. The number of hydrogen-bond acceptors (Lipinski definition) is 3. The van der Waals surface area contributed by atoms with Crippen LogP contribution < -0.4 is 5.32 Å². The van der Waals surface area contributed by atoms with Crippen molar-refractivity contribution in [2.24, 2.45) is 0 Å². The van der Waals surface area contributed by atoms with Gasteiger partial charge in [-0.15, -0.1) is 0 Å². The predicted octanol–water partition coefficient (Wildman–Crippen LogP) is 3.27. The highest BCUT2D eigenvalue weighted by molar-refractivity contribution is 5.94. The lowest BCUT2D eigenvalue weighted by Gasteiger charge is -2.13. The molecule has 2 aromatic rings. The minimum absolute atomic E-state index is 0.0633. The average Bonchev–Trinajstić information content (AvgIpc) is 2.53. The van der Waals surface area contributed by atoms with Crippen molar-refractivity contribution >= 4 is 11.6 Å². The summed E-state index contributed by atoms with van der Waals surface area (Å²) in [7, 11) is 0. The van der Waals surface area contributed by atoms with Crippen molar-refractivity contribution in [3.63, 3.8) is 0 Å². The molecule has 0 saturated heterocycles. The highest BCUT2D eigenvalue weighted by Gasteiger charge is 2.17. The van der Waals surface area contributed by atoms with Crippen molar-refractivity contribution in [1.82, 2.24) is 5.32 Å². The van der Waals surface area contributed by atoms with Gasteiger partial charge < -0.3 is 5.32 Å². The van der Waals surface area contributed by atoms with Crippen LogP contribution in [0.5, 0.6) is 0 Å². The number of halogens is 1. The van der Waals surface area contributed by atoms with Gasteiger partial charge in [0.1, 0.15) is 0 Å². The molecule has 114 valence electrons. The van der Waals surface area contributed by atoms with Gasteiger partial charge in [-0.1, -0.05) is 37.3 Å². The Bertz CT molecular complexity index is 689. The van der Waals surface area contributed by atoms with E-state index in [1.54, 1.807) is 0 Å². The maximum Gasteiger partial charge on any atom is 0.305 e. The lowest BCUT2D eigenvalue weighted by molar-refractivity contribution is -0.387. The molecule has 0 saturated carbocycles. The molecule has 0 unspecified atom stereocenters. The van der Waals surface area contributed by atoms with Gasteiger partial charge in [-0.2, -0.15) is 4.39 Å². The Hall–Kier alpha value is -2.76. The van der Waals surface area contributed by atoms with Gasteiger partial charge in [-0.25, -0.2) is 0 Å². The van der Waals surface area contributed by atoms with Crippen molar-refractivity contribution in [3.05, 3.63) is 75.6 Å². The van der Waals surface area contributed by atoms with Crippen LogP contribution in [0.15, 0.2) is 48.5 Å². The summed E-state index contributed by atoms with van der Waals surface area (Å²) in [4.78, 5) is 21.8. The summed E-state index contributed by atoms with van der Waals surface area (Å²) in [5, 5.41) is 13.4. The second-order valence-corrected chi connectivity index (χ2v) is 4.95. The highest BCUT2D eigenvalue weighted by atomic mass is 19.1. The molecule has 6 heteroatoms. The number of carbonyl (C=O) groups is 1. The molecule has 0 radical (unpaired) electrons. The second-order valence-electron chi connectivity index (χ2n) is 4.95. The van der Waals surface area contributed by atoms with E-state index in [1.807, 2.05) is 37.3 Å². The predicted molar refractivity (Wildman–Crippen MR) is 80.2 cm³/mol. The first-order valence-corrected chi connectivity index (χ1v) is 6.76. The molecule has 5 nitrogen and oxygen atoms in total. The van der Waals surface area contributed by atoms with Crippen LogP contribution in [0.3, 0.4) is 0 Å². The normalized spacial score (nSPS) is 11.7. The van der Waals surface area contributed by atoms with Gasteiger partial charge in [0.15, 0.2) is 0 Å². The third-order valence-corrected chi connectivity index (χ3v) is 3.34. The van der Waals surface area contributed by atoms with Gasteiger partial charge in [0.2, 0.25) is 5.82 Å². The van der Waals surface area contributed by atoms with Gasteiger partial charge in [-0.05, 0) is 23.6 Å². The molecule has 0 fully saturated rings. The maximum absolute atomic E-state index is 13.2. The van der Waals surface area contributed by atoms with Crippen LogP contribution >= 0.6 is 0 Å². The summed E-state index contributed by atoms with van der Waals surface area (Å²) in [6.45, 7) is 2.34. The number of nitro benzene ring substituents is 1. The van der Waals surface area contributed by atoms with Crippen LogP contribution in [-0.2, 0) is 0 Å². The summed E-state index contributed by atoms with van der Waals surface area (Å²) in [5.74, 6) is -1.33. The smallest absolute Gasteiger partial charge is 0.305 e. The maximum atomic E-state index is 13.2. The van der Waals surface area contributed by atoms with E-state index in [0.29, 0.717) is 6.54 Å². The fraction of sp³-hybridized carbons (Fsp3) is 0.188. The molecule has 1 atom stereocenters. The van der Waals surface area contributed by atoms with Crippen LogP contribution in [0, 0.1) is 15.9 Å². The molecule has 0 spiro atoms. The van der Waals surface area contributed by atoms with E-state index in [1.165, 1.54) is 6.07 Å². The SMILES string of the molecule is C[C@H](CNC(=O)c1ccc(F)c([N+](=O)[O-])c1)c1ccccc1. The Morgan fingerprint density at radius 1 is 1.27 bits per heavy atom. The summed E-state index contributed by atoms with van der Waals surface area (Å²) in [6.07, 6.45) is 0. The van der Waals surface area contributed by atoms with Crippen molar-refractivity contribution in [2.75, 3.05) is 6.54 Å². The average molecular weight is 302 g/mol. The molecule has 0 heterocycles. The van der Waals surface area contributed by atoms with Gasteiger partial charge in [0.25, 0.3) is 5.91 Å². The third-order valence-electron chi connectivity index (χ3n) is 3.34. The van der Waals surface area contributed by atoms with Gasteiger partial charge >= 0.3 is 5.69 Å². The molecule has 0 aliphatic carbocycles. The van der Waals surface area contributed by atoms with E-state index in [2.05, 4.69) is 5.32 Å². The van der Waals surface area contributed by atoms with E-state index in [-0.39, 0.29) is 11.5 Å². The van der Waals surface area contributed by atoms with Crippen LogP contribution in [0.4, 0.5) is 10.1 Å². The second kappa shape index (κ2) is 6.80. The molecular formula is C16H15FN2O3. The number of amides is 1. The molecule has 1 amide bonds. The molecule has 2 aromatic carbocycles. The van der Waals surface area contributed by atoms with Crippen molar-refractivity contribution in [3.8, 4) is 0 Å². The zero-order valence-electron chi connectivity index (χ0n) is 12.0. The molecule has 0 bridgehead atoms. The summed E-state index contributed by atoms with van der Waals surface area (Å²) in [6, 6.07) is 12.7. The number of benzene rings is 2. The number of hydrogen-bond donors (Lipinski definition) is 1. The summed E-state index contributed by atoms with van der Waals surface area (Å²) >= 11 is 0. The van der Waals surface area contributed by atoms with E-state index in [0.717, 1.165) is 17.7 Å². The van der Waals surface area contributed by atoms with E-state index >= 15 is 0 Å². The lowest BCUT2D eigenvalue weighted by Crippen LogP contribution is -2.27. The fourth-order valence-corrected chi connectivity index (χ4v) is 2.04. The van der Waals surface area contributed by atoms with Gasteiger partial charge in [0, 0.05) is 18.2 Å².